The molecule has 0 fully saturated rings. The van der Waals surface area contributed by atoms with Gasteiger partial charge in [0.1, 0.15) is 0 Å². The molecule has 0 atom stereocenters. The van der Waals surface area contributed by atoms with Gasteiger partial charge in [0.15, 0.2) is 0 Å². The third-order valence-electron chi connectivity index (χ3n) is 2.81. The first-order valence-corrected chi connectivity index (χ1v) is 3.75. The van der Waals surface area contributed by atoms with E-state index in [0.717, 1.165) is 0 Å². The van der Waals surface area contributed by atoms with Gasteiger partial charge >= 0.3 is 0 Å². The monoisotopic (exact) mass is 287 g/mol. The van der Waals surface area contributed by atoms with Crippen LogP contribution in [0.25, 0.3) is 0 Å². The first-order chi connectivity index (χ1) is 4.55. The molecule has 0 unspecified atom stereocenters. The molecule has 0 bridgehead atoms. The van der Waals surface area contributed by atoms with Gasteiger partial charge in [-0.15, -0.1) is 0 Å². The Kier molecular flexibility index (Phi) is 4.48. The molecule has 1 aliphatic carbocycles. The Morgan fingerprint density at radius 1 is 0.545 bits per heavy atom. The second kappa shape index (κ2) is 4.17. The Bertz CT molecular complexity index is 197. The average Bonchev–Trinajstić information content (AvgIpc) is 2.07. The van der Waals surface area contributed by atoms with Gasteiger partial charge in [0.05, 0.1) is 0 Å². The molecule has 0 saturated heterocycles. The molecule has 0 nitrogen and oxygen atoms in total. The van der Waals surface area contributed by atoms with E-state index in [9.17, 15) is 0 Å². The standard InChI is InChI=1S/C10H15.Sm/c1-6-7(2)9(4)10(5)8(6)3;/h1-5H3;. The summed E-state index contributed by atoms with van der Waals surface area (Å²) in [6.07, 6.45) is 0. The summed E-state index contributed by atoms with van der Waals surface area (Å²) < 4.78 is 0. The zero-order chi connectivity index (χ0) is 7.89. The maximum Gasteiger partial charge on any atom is 0.0226 e. The molecule has 0 aromatic rings. The van der Waals surface area contributed by atoms with Crippen molar-refractivity contribution in [3.8, 4) is 0 Å². The van der Waals surface area contributed by atoms with Gasteiger partial charge in [0.25, 0.3) is 0 Å². The van der Waals surface area contributed by atoms with Crippen LogP contribution in [0.3, 0.4) is 0 Å². The van der Waals surface area contributed by atoms with Gasteiger partial charge < -0.3 is 0 Å². The van der Waals surface area contributed by atoms with Gasteiger partial charge in [-0.25, -0.2) is 0 Å². The molecule has 0 heterocycles. The maximum absolute atomic E-state index is 2.20. The van der Waals surface area contributed by atoms with Gasteiger partial charge in [-0.1, -0.05) is 18.1 Å². The van der Waals surface area contributed by atoms with Crippen LogP contribution in [0.5, 0.6) is 0 Å². The zero-order valence-electron chi connectivity index (χ0n) is 7.91. The summed E-state index contributed by atoms with van der Waals surface area (Å²) in [5.74, 6) is 1.47. The van der Waals surface area contributed by atoms with Crippen LogP contribution in [0.4, 0.5) is 0 Å². The fourth-order valence-electron chi connectivity index (χ4n) is 1.41. The molecule has 0 N–H and O–H groups in total. The fraction of sp³-hybridized carbons (Fsp3) is 0.500. The molecule has 0 aromatic carbocycles. The normalized spacial score (nSPS) is 19.4. The second-order valence-electron chi connectivity index (χ2n) is 3.12. The van der Waals surface area contributed by atoms with Crippen molar-refractivity contribution in [2.75, 3.05) is 0 Å². The number of hydrogen-bond acceptors (Lipinski definition) is 0. The summed E-state index contributed by atoms with van der Waals surface area (Å²) in [5.41, 5.74) is 5.87. The van der Waals surface area contributed by atoms with Crippen molar-refractivity contribution in [1.29, 1.82) is 0 Å². The average molecular weight is 286 g/mol. The molecule has 0 saturated carbocycles. The van der Waals surface area contributed by atoms with Crippen molar-refractivity contribution in [1.82, 2.24) is 0 Å². The van der Waals surface area contributed by atoms with Crippen LogP contribution < -0.4 is 0 Å². The molecule has 1 radical (unpaired) electrons. The fourth-order valence-corrected chi connectivity index (χ4v) is 1.41. The van der Waals surface area contributed by atoms with Crippen molar-refractivity contribution in [2.24, 2.45) is 0 Å². The van der Waals surface area contributed by atoms with Crippen LogP contribution in [0.1, 0.15) is 34.6 Å². The third-order valence-corrected chi connectivity index (χ3v) is 2.81. The Hall–Kier alpha value is 0.818. The van der Waals surface area contributed by atoms with E-state index < -0.39 is 0 Å². The van der Waals surface area contributed by atoms with Gasteiger partial charge in [-0.05, 0) is 38.8 Å². The minimum atomic E-state index is 0. The van der Waals surface area contributed by atoms with E-state index in [2.05, 4.69) is 34.6 Å². The van der Waals surface area contributed by atoms with E-state index in [1.165, 1.54) is 28.2 Å². The van der Waals surface area contributed by atoms with Crippen LogP contribution in [-0.2, 0) is 0 Å². The smallest absolute Gasteiger partial charge is 0.0226 e. The van der Waals surface area contributed by atoms with E-state index >= 15 is 0 Å². The van der Waals surface area contributed by atoms with Crippen molar-refractivity contribution in [2.45, 2.75) is 34.6 Å². The van der Waals surface area contributed by atoms with Crippen molar-refractivity contribution in [3.05, 3.63) is 28.2 Å². The predicted octanol–water partition coefficient (Wildman–Crippen LogP) is 3.27. The molecular formula is C10H15Sm. The molecule has 11 heavy (non-hydrogen) atoms. The van der Waals surface area contributed by atoms with Gasteiger partial charge in [0.2, 0.25) is 0 Å². The summed E-state index contributed by atoms with van der Waals surface area (Å²) in [7, 11) is 0. The van der Waals surface area contributed by atoms with Crippen LogP contribution in [0.2, 0.25) is 0 Å². The third kappa shape index (κ3) is 1.94. The first-order valence-electron chi connectivity index (χ1n) is 3.75. The zero-order valence-corrected chi connectivity index (χ0v) is 10.5. The van der Waals surface area contributed by atoms with Crippen molar-refractivity contribution >= 4 is 0 Å². The largest absolute Gasteiger partial charge is 0.0589 e. The number of rotatable bonds is 0. The Morgan fingerprint density at radius 3 is 0.909 bits per heavy atom. The maximum atomic E-state index is 2.20. The SMILES string of the molecule is C[C]1C(C)=C(C)C(C)=C1C.[Sm]. The molecule has 61 valence electrons. The molecule has 0 amide bonds. The molecular weight excluding hydrogens is 270 g/mol. The van der Waals surface area contributed by atoms with Crippen molar-refractivity contribution < 1.29 is 40.4 Å². The molecule has 0 aliphatic heterocycles. The Morgan fingerprint density at radius 2 is 0.818 bits per heavy atom. The van der Waals surface area contributed by atoms with E-state index in [4.69, 9.17) is 0 Å². The summed E-state index contributed by atoms with van der Waals surface area (Å²) in [5, 5.41) is 0. The summed E-state index contributed by atoms with van der Waals surface area (Å²) in [4.78, 5) is 0. The van der Waals surface area contributed by atoms with Crippen molar-refractivity contribution in [3.63, 3.8) is 0 Å². The minimum absolute atomic E-state index is 0. The number of hydrogen-bond donors (Lipinski definition) is 0. The van der Waals surface area contributed by atoms with Gasteiger partial charge in [-0.2, -0.15) is 0 Å². The Labute approximate surface area is 102 Å². The first kappa shape index (κ1) is 11.8. The molecule has 1 heteroatoms. The van der Waals surface area contributed by atoms with Crippen LogP contribution in [0, 0.1) is 46.3 Å². The predicted molar refractivity (Wildman–Crippen MR) is 45.7 cm³/mol. The molecule has 0 aromatic heterocycles. The van der Waals surface area contributed by atoms with Gasteiger partial charge in [0, 0.05) is 46.3 Å². The Balaban J connectivity index is 0.000001000. The van der Waals surface area contributed by atoms with Gasteiger partial charge in [-0.3, -0.25) is 0 Å². The van der Waals surface area contributed by atoms with E-state index in [1.54, 1.807) is 0 Å². The van der Waals surface area contributed by atoms with Crippen LogP contribution in [-0.4, -0.2) is 0 Å². The van der Waals surface area contributed by atoms with E-state index in [-0.39, 0.29) is 40.4 Å². The van der Waals surface area contributed by atoms with E-state index in [1.807, 2.05) is 0 Å². The molecule has 1 aliphatic rings. The summed E-state index contributed by atoms with van der Waals surface area (Å²) in [6, 6.07) is 0. The van der Waals surface area contributed by atoms with E-state index in [0.29, 0.717) is 0 Å². The van der Waals surface area contributed by atoms with Crippen LogP contribution in [0.15, 0.2) is 22.3 Å². The second-order valence-corrected chi connectivity index (χ2v) is 3.12. The van der Waals surface area contributed by atoms with Crippen LogP contribution >= 0.6 is 0 Å². The number of allylic oxidation sites excluding steroid dienone is 4. The molecule has 0 spiro atoms. The quantitative estimate of drug-likeness (QED) is 0.641. The summed E-state index contributed by atoms with van der Waals surface area (Å²) >= 11 is 0. The minimum Gasteiger partial charge on any atom is -0.0589 e. The topological polar surface area (TPSA) is 0 Å². The summed E-state index contributed by atoms with van der Waals surface area (Å²) in [6.45, 7) is 11.0. The molecule has 1 rings (SSSR count).